The summed E-state index contributed by atoms with van der Waals surface area (Å²) in [7, 11) is 1.63. The van der Waals surface area contributed by atoms with Crippen molar-refractivity contribution in [2.75, 3.05) is 51.7 Å². The number of hydrogen-bond acceptors (Lipinski definition) is 5. The third kappa shape index (κ3) is 5.30. The molecule has 134 valence electrons. The van der Waals surface area contributed by atoms with Gasteiger partial charge < -0.3 is 14.6 Å². The van der Waals surface area contributed by atoms with Crippen molar-refractivity contribution in [3.05, 3.63) is 43.0 Å². The molecule has 1 aromatic carbocycles. The smallest absolute Gasteiger partial charge is 0.238 e. The number of hydrogen-bond donors (Lipinski definition) is 1. The van der Waals surface area contributed by atoms with E-state index >= 15 is 0 Å². The van der Waals surface area contributed by atoms with E-state index in [0.29, 0.717) is 6.54 Å². The molecule has 2 heterocycles. The highest BCUT2D eigenvalue weighted by atomic mass is 16.5. The van der Waals surface area contributed by atoms with Crippen molar-refractivity contribution in [2.24, 2.45) is 0 Å². The van der Waals surface area contributed by atoms with Gasteiger partial charge in [-0.25, -0.2) is 4.98 Å². The summed E-state index contributed by atoms with van der Waals surface area (Å²) in [5, 5.41) is 2.94. The van der Waals surface area contributed by atoms with Gasteiger partial charge in [0.2, 0.25) is 5.91 Å². The Balaban J connectivity index is 1.37. The Morgan fingerprint density at radius 3 is 2.48 bits per heavy atom. The van der Waals surface area contributed by atoms with Gasteiger partial charge in [-0.05, 0) is 24.3 Å². The molecule has 3 rings (SSSR count). The maximum atomic E-state index is 12.2. The van der Waals surface area contributed by atoms with Crippen LogP contribution in [0.15, 0.2) is 43.0 Å². The Bertz CT molecular complexity index is 649. The molecule has 0 radical (unpaired) electrons. The van der Waals surface area contributed by atoms with Crippen molar-refractivity contribution in [1.29, 1.82) is 0 Å². The van der Waals surface area contributed by atoms with Gasteiger partial charge in [0.05, 0.1) is 20.0 Å². The standard InChI is InChI=1S/C18H25N5O2/c1-25-17-4-2-16(3-5-17)20-18(24)14-22-11-8-21(9-12-22)10-13-23-7-6-19-15-23/h2-7,15H,8-14H2,1H3,(H,20,24). The Labute approximate surface area is 148 Å². The Kier molecular flexibility index (Phi) is 6.03. The zero-order chi connectivity index (χ0) is 17.5. The highest BCUT2D eigenvalue weighted by molar-refractivity contribution is 5.92. The van der Waals surface area contributed by atoms with Crippen molar-refractivity contribution < 1.29 is 9.53 Å². The molecular weight excluding hydrogens is 318 g/mol. The number of imidazole rings is 1. The van der Waals surface area contributed by atoms with Crippen LogP contribution in [0.5, 0.6) is 5.75 Å². The number of rotatable bonds is 7. The molecule has 1 amide bonds. The lowest BCUT2D eigenvalue weighted by Gasteiger charge is -2.34. The summed E-state index contributed by atoms with van der Waals surface area (Å²) in [6.07, 6.45) is 5.64. The SMILES string of the molecule is COc1ccc(NC(=O)CN2CCN(CCn3ccnc3)CC2)cc1. The van der Waals surface area contributed by atoms with Crippen LogP contribution in [0.2, 0.25) is 0 Å². The van der Waals surface area contributed by atoms with Gasteiger partial charge in [0.1, 0.15) is 5.75 Å². The second-order valence-corrected chi connectivity index (χ2v) is 6.19. The maximum Gasteiger partial charge on any atom is 0.238 e. The summed E-state index contributed by atoms with van der Waals surface area (Å²) in [5.74, 6) is 0.807. The van der Waals surface area contributed by atoms with E-state index in [2.05, 4.69) is 24.7 Å². The minimum absolute atomic E-state index is 0.0250. The van der Waals surface area contributed by atoms with Crippen LogP contribution in [0.3, 0.4) is 0 Å². The zero-order valence-electron chi connectivity index (χ0n) is 14.6. The Hall–Kier alpha value is -2.38. The molecule has 0 atom stereocenters. The molecule has 7 nitrogen and oxygen atoms in total. The largest absolute Gasteiger partial charge is 0.497 e. The van der Waals surface area contributed by atoms with E-state index in [4.69, 9.17) is 4.74 Å². The number of anilines is 1. The molecule has 1 saturated heterocycles. The first-order valence-corrected chi connectivity index (χ1v) is 8.57. The number of carbonyl (C=O) groups excluding carboxylic acids is 1. The van der Waals surface area contributed by atoms with Crippen LogP contribution < -0.4 is 10.1 Å². The summed E-state index contributed by atoms with van der Waals surface area (Å²) >= 11 is 0. The van der Waals surface area contributed by atoms with Gasteiger partial charge in [0.15, 0.2) is 0 Å². The van der Waals surface area contributed by atoms with Crippen LogP contribution in [0.1, 0.15) is 0 Å². The van der Waals surface area contributed by atoms with Crippen LogP contribution in [-0.2, 0) is 11.3 Å². The molecule has 0 saturated carbocycles. The lowest BCUT2D eigenvalue weighted by molar-refractivity contribution is -0.117. The Morgan fingerprint density at radius 1 is 1.12 bits per heavy atom. The van der Waals surface area contributed by atoms with Crippen molar-refractivity contribution in [3.63, 3.8) is 0 Å². The molecule has 2 aromatic rings. The summed E-state index contributed by atoms with van der Waals surface area (Å²) in [4.78, 5) is 20.9. The fraction of sp³-hybridized carbons (Fsp3) is 0.444. The number of nitrogens with zero attached hydrogens (tertiary/aromatic N) is 4. The quantitative estimate of drug-likeness (QED) is 0.817. The first-order chi connectivity index (χ1) is 12.2. The average Bonchev–Trinajstić information content (AvgIpc) is 3.15. The highest BCUT2D eigenvalue weighted by Gasteiger charge is 2.18. The minimum atomic E-state index is 0.0250. The zero-order valence-corrected chi connectivity index (χ0v) is 14.6. The number of nitrogens with one attached hydrogen (secondary N) is 1. The number of piperazine rings is 1. The normalized spacial score (nSPS) is 15.9. The van der Waals surface area contributed by atoms with Gasteiger partial charge in [0.25, 0.3) is 0 Å². The van der Waals surface area contributed by atoms with Crippen LogP contribution in [0.25, 0.3) is 0 Å². The van der Waals surface area contributed by atoms with E-state index in [1.165, 1.54) is 0 Å². The first kappa shape index (κ1) is 17.4. The lowest BCUT2D eigenvalue weighted by Crippen LogP contribution is -2.49. The highest BCUT2D eigenvalue weighted by Crippen LogP contribution is 2.15. The lowest BCUT2D eigenvalue weighted by atomic mass is 10.3. The maximum absolute atomic E-state index is 12.2. The van der Waals surface area contributed by atoms with E-state index in [1.807, 2.05) is 36.8 Å². The third-order valence-electron chi connectivity index (χ3n) is 4.44. The third-order valence-corrected chi connectivity index (χ3v) is 4.44. The van der Waals surface area contributed by atoms with Crippen LogP contribution >= 0.6 is 0 Å². The number of carbonyl (C=O) groups is 1. The number of ether oxygens (including phenoxy) is 1. The molecule has 0 unspecified atom stereocenters. The van der Waals surface area contributed by atoms with Crippen molar-refractivity contribution >= 4 is 11.6 Å². The molecule has 0 spiro atoms. The van der Waals surface area contributed by atoms with Crippen LogP contribution in [-0.4, -0.2) is 71.6 Å². The molecule has 1 N–H and O–H groups in total. The molecule has 0 bridgehead atoms. The number of aromatic nitrogens is 2. The van der Waals surface area contributed by atoms with Gasteiger partial charge in [-0.3, -0.25) is 14.6 Å². The van der Waals surface area contributed by atoms with E-state index in [1.54, 1.807) is 13.3 Å². The molecule has 0 aliphatic carbocycles. The minimum Gasteiger partial charge on any atom is -0.497 e. The molecule has 1 aliphatic rings. The summed E-state index contributed by atoms with van der Waals surface area (Å²) in [5.41, 5.74) is 0.796. The van der Waals surface area contributed by atoms with Gasteiger partial charge in [-0.15, -0.1) is 0 Å². The predicted octanol–water partition coefficient (Wildman–Crippen LogP) is 1.15. The van der Waals surface area contributed by atoms with Crippen molar-refractivity contribution in [1.82, 2.24) is 19.4 Å². The summed E-state index contributed by atoms with van der Waals surface area (Å²) < 4.78 is 7.21. The van der Waals surface area contributed by atoms with Gasteiger partial charge in [-0.1, -0.05) is 0 Å². The fourth-order valence-electron chi connectivity index (χ4n) is 2.92. The van der Waals surface area contributed by atoms with Gasteiger partial charge in [0, 0.05) is 57.3 Å². The van der Waals surface area contributed by atoms with Crippen molar-refractivity contribution in [2.45, 2.75) is 6.54 Å². The first-order valence-electron chi connectivity index (χ1n) is 8.57. The monoisotopic (exact) mass is 343 g/mol. The molecule has 25 heavy (non-hydrogen) atoms. The van der Waals surface area contributed by atoms with E-state index in [0.717, 1.165) is 50.7 Å². The van der Waals surface area contributed by atoms with E-state index in [-0.39, 0.29) is 5.91 Å². The molecule has 1 aliphatic heterocycles. The summed E-state index contributed by atoms with van der Waals surface area (Å²) in [6, 6.07) is 7.39. The van der Waals surface area contributed by atoms with Crippen LogP contribution in [0, 0.1) is 0 Å². The van der Waals surface area contributed by atoms with Crippen LogP contribution in [0.4, 0.5) is 5.69 Å². The number of methoxy groups -OCH3 is 1. The topological polar surface area (TPSA) is 62.6 Å². The number of benzene rings is 1. The van der Waals surface area contributed by atoms with E-state index < -0.39 is 0 Å². The number of amides is 1. The van der Waals surface area contributed by atoms with E-state index in [9.17, 15) is 4.79 Å². The van der Waals surface area contributed by atoms with Gasteiger partial charge in [-0.2, -0.15) is 0 Å². The second kappa shape index (κ2) is 8.64. The molecule has 7 heteroatoms. The fourth-order valence-corrected chi connectivity index (χ4v) is 2.92. The molecule has 1 fully saturated rings. The predicted molar refractivity (Wildman–Crippen MR) is 96.7 cm³/mol. The average molecular weight is 343 g/mol. The molecular formula is C18H25N5O2. The Morgan fingerprint density at radius 2 is 1.84 bits per heavy atom. The van der Waals surface area contributed by atoms with Gasteiger partial charge >= 0.3 is 0 Å². The molecule has 1 aromatic heterocycles. The summed E-state index contributed by atoms with van der Waals surface area (Å²) in [6.45, 7) is 6.22. The van der Waals surface area contributed by atoms with Crippen molar-refractivity contribution in [3.8, 4) is 5.75 Å². The second-order valence-electron chi connectivity index (χ2n) is 6.19.